The average molecular weight is 328 g/mol. The number of aliphatic carboxylic acids is 1. The van der Waals surface area contributed by atoms with Crippen molar-refractivity contribution < 1.29 is 14.7 Å². The van der Waals surface area contributed by atoms with Crippen LogP contribution in [-0.2, 0) is 11.3 Å². The SMILES string of the molecule is CCN(Cc1cccs1)C(=O)N1CCSCC1CC(=O)O. The zero-order valence-corrected chi connectivity index (χ0v) is 13.7. The molecule has 1 aliphatic heterocycles. The Balaban J connectivity index is 2.05. The van der Waals surface area contributed by atoms with Gasteiger partial charge in [-0.1, -0.05) is 6.07 Å². The van der Waals surface area contributed by atoms with Crippen LogP contribution in [0.1, 0.15) is 18.2 Å². The quantitative estimate of drug-likeness (QED) is 0.902. The van der Waals surface area contributed by atoms with Gasteiger partial charge >= 0.3 is 12.0 Å². The summed E-state index contributed by atoms with van der Waals surface area (Å²) in [6.07, 6.45) is 0.0231. The fraction of sp³-hybridized carbons (Fsp3) is 0.571. The normalized spacial score (nSPS) is 18.5. The molecule has 1 N–H and O–H groups in total. The molecule has 1 unspecified atom stereocenters. The van der Waals surface area contributed by atoms with E-state index in [9.17, 15) is 9.59 Å². The first-order chi connectivity index (χ1) is 10.1. The molecule has 0 aromatic carbocycles. The van der Waals surface area contributed by atoms with Crippen molar-refractivity contribution in [3.05, 3.63) is 22.4 Å². The van der Waals surface area contributed by atoms with Crippen LogP contribution in [0.5, 0.6) is 0 Å². The van der Waals surface area contributed by atoms with Crippen molar-refractivity contribution in [3.8, 4) is 0 Å². The highest BCUT2D eigenvalue weighted by Crippen LogP contribution is 2.22. The second-order valence-electron chi connectivity index (χ2n) is 4.90. The van der Waals surface area contributed by atoms with Gasteiger partial charge in [-0.2, -0.15) is 11.8 Å². The molecule has 116 valence electrons. The van der Waals surface area contributed by atoms with Crippen molar-refractivity contribution in [2.75, 3.05) is 24.6 Å². The predicted molar refractivity (Wildman–Crippen MR) is 85.9 cm³/mol. The monoisotopic (exact) mass is 328 g/mol. The van der Waals surface area contributed by atoms with Crippen molar-refractivity contribution in [1.29, 1.82) is 0 Å². The molecular weight excluding hydrogens is 308 g/mol. The summed E-state index contributed by atoms with van der Waals surface area (Å²) in [4.78, 5) is 28.3. The van der Waals surface area contributed by atoms with E-state index in [4.69, 9.17) is 5.11 Å². The summed E-state index contributed by atoms with van der Waals surface area (Å²) < 4.78 is 0. The number of carbonyl (C=O) groups is 2. The Hall–Kier alpha value is -1.21. The Morgan fingerprint density at radius 2 is 2.33 bits per heavy atom. The Labute approximate surface area is 132 Å². The molecule has 1 aromatic rings. The molecule has 1 saturated heterocycles. The first-order valence-corrected chi connectivity index (χ1v) is 9.02. The first kappa shape index (κ1) is 16.2. The smallest absolute Gasteiger partial charge is 0.320 e. The van der Waals surface area contributed by atoms with E-state index in [0.29, 0.717) is 25.4 Å². The van der Waals surface area contributed by atoms with Gasteiger partial charge in [-0.15, -0.1) is 11.3 Å². The zero-order chi connectivity index (χ0) is 15.2. The second-order valence-corrected chi connectivity index (χ2v) is 7.08. The number of nitrogens with zero attached hydrogens (tertiary/aromatic N) is 2. The third kappa shape index (κ3) is 4.38. The van der Waals surface area contributed by atoms with E-state index < -0.39 is 5.97 Å². The fourth-order valence-corrected chi connectivity index (χ4v) is 4.15. The molecule has 1 aliphatic rings. The summed E-state index contributed by atoms with van der Waals surface area (Å²) in [6, 6.07) is 3.74. The van der Waals surface area contributed by atoms with Gasteiger partial charge in [0.1, 0.15) is 0 Å². The minimum atomic E-state index is -0.846. The van der Waals surface area contributed by atoms with E-state index in [1.807, 2.05) is 24.4 Å². The summed E-state index contributed by atoms with van der Waals surface area (Å²) in [7, 11) is 0. The Bertz CT molecular complexity index is 479. The molecule has 0 bridgehead atoms. The molecule has 7 heteroatoms. The van der Waals surface area contributed by atoms with Gasteiger partial charge in [-0.3, -0.25) is 4.79 Å². The number of thiophene rings is 1. The number of carbonyl (C=O) groups excluding carboxylic acids is 1. The second kappa shape index (κ2) is 7.70. The lowest BCUT2D eigenvalue weighted by molar-refractivity contribution is -0.138. The van der Waals surface area contributed by atoms with Crippen molar-refractivity contribution >= 4 is 35.1 Å². The molecule has 0 radical (unpaired) electrons. The van der Waals surface area contributed by atoms with Crippen LogP contribution >= 0.6 is 23.1 Å². The predicted octanol–water partition coefficient (Wildman–Crippen LogP) is 2.58. The van der Waals surface area contributed by atoms with Crippen LogP contribution in [0.15, 0.2) is 17.5 Å². The topological polar surface area (TPSA) is 60.9 Å². The van der Waals surface area contributed by atoms with E-state index in [-0.39, 0.29) is 18.5 Å². The van der Waals surface area contributed by atoms with Gasteiger partial charge in [0.05, 0.1) is 19.0 Å². The highest BCUT2D eigenvalue weighted by Gasteiger charge is 2.31. The number of rotatable bonds is 5. The Morgan fingerprint density at radius 1 is 1.52 bits per heavy atom. The van der Waals surface area contributed by atoms with Crippen LogP contribution in [0.2, 0.25) is 0 Å². The summed E-state index contributed by atoms with van der Waals surface area (Å²) in [6.45, 7) is 3.80. The Kier molecular flexibility index (Phi) is 5.93. The van der Waals surface area contributed by atoms with E-state index in [1.54, 1.807) is 32.9 Å². The highest BCUT2D eigenvalue weighted by molar-refractivity contribution is 7.99. The lowest BCUT2D eigenvalue weighted by Crippen LogP contribution is -2.52. The lowest BCUT2D eigenvalue weighted by atomic mass is 10.2. The number of carboxylic acids is 1. The summed E-state index contributed by atoms with van der Waals surface area (Å²) >= 11 is 3.35. The minimum absolute atomic E-state index is 0.0231. The van der Waals surface area contributed by atoms with Gasteiger partial charge in [0, 0.05) is 29.5 Å². The van der Waals surface area contributed by atoms with Crippen LogP contribution in [0, 0.1) is 0 Å². The van der Waals surface area contributed by atoms with Crippen molar-refractivity contribution in [2.45, 2.75) is 25.9 Å². The summed E-state index contributed by atoms with van der Waals surface area (Å²) in [5, 5.41) is 11.0. The minimum Gasteiger partial charge on any atom is -0.481 e. The summed E-state index contributed by atoms with van der Waals surface area (Å²) in [5.74, 6) is 0.731. The first-order valence-electron chi connectivity index (χ1n) is 6.99. The van der Waals surface area contributed by atoms with E-state index in [0.717, 1.165) is 10.6 Å². The van der Waals surface area contributed by atoms with Gasteiger partial charge in [-0.05, 0) is 18.4 Å². The zero-order valence-electron chi connectivity index (χ0n) is 12.0. The number of urea groups is 1. The van der Waals surface area contributed by atoms with Crippen LogP contribution in [-0.4, -0.2) is 57.5 Å². The van der Waals surface area contributed by atoms with Gasteiger partial charge < -0.3 is 14.9 Å². The number of hydrogen-bond donors (Lipinski definition) is 1. The van der Waals surface area contributed by atoms with Crippen molar-refractivity contribution in [2.24, 2.45) is 0 Å². The molecule has 1 aromatic heterocycles. The molecule has 0 spiro atoms. The Morgan fingerprint density at radius 3 is 2.95 bits per heavy atom. The van der Waals surface area contributed by atoms with Crippen LogP contribution < -0.4 is 0 Å². The summed E-state index contributed by atoms with van der Waals surface area (Å²) in [5.41, 5.74) is 0. The number of amides is 2. The molecule has 0 saturated carbocycles. The standard InChI is InChI=1S/C14H20N2O3S2/c1-2-15(9-12-4-3-6-21-12)14(19)16-5-7-20-10-11(16)8-13(17)18/h3-4,6,11H,2,5,7-10H2,1H3,(H,17,18). The van der Waals surface area contributed by atoms with Gasteiger partial charge in [-0.25, -0.2) is 4.79 Å². The maximum absolute atomic E-state index is 12.7. The third-order valence-electron chi connectivity index (χ3n) is 3.46. The maximum Gasteiger partial charge on any atom is 0.320 e. The molecule has 21 heavy (non-hydrogen) atoms. The third-order valence-corrected chi connectivity index (χ3v) is 5.42. The van der Waals surface area contributed by atoms with E-state index >= 15 is 0 Å². The van der Waals surface area contributed by atoms with Crippen LogP contribution in [0.25, 0.3) is 0 Å². The number of hydrogen-bond acceptors (Lipinski definition) is 4. The van der Waals surface area contributed by atoms with Crippen molar-refractivity contribution in [3.63, 3.8) is 0 Å². The molecule has 1 fully saturated rings. The molecule has 1 atom stereocenters. The highest BCUT2D eigenvalue weighted by atomic mass is 32.2. The molecular formula is C14H20N2O3S2. The largest absolute Gasteiger partial charge is 0.481 e. The molecule has 2 heterocycles. The molecule has 2 rings (SSSR count). The maximum atomic E-state index is 12.7. The molecule has 5 nitrogen and oxygen atoms in total. The van der Waals surface area contributed by atoms with Gasteiger partial charge in [0.15, 0.2) is 0 Å². The molecule has 0 aliphatic carbocycles. The van der Waals surface area contributed by atoms with E-state index in [2.05, 4.69) is 0 Å². The van der Waals surface area contributed by atoms with Crippen LogP contribution in [0.4, 0.5) is 4.79 Å². The lowest BCUT2D eigenvalue weighted by Gasteiger charge is -2.38. The van der Waals surface area contributed by atoms with Gasteiger partial charge in [0.25, 0.3) is 0 Å². The average Bonchev–Trinajstić information content (AvgIpc) is 2.97. The number of carboxylic acid groups (broad SMARTS) is 1. The molecule has 2 amide bonds. The number of thioether (sulfide) groups is 1. The van der Waals surface area contributed by atoms with Crippen molar-refractivity contribution in [1.82, 2.24) is 9.80 Å². The van der Waals surface area contributed by atoms with E-state index in [1.165, 1.54) is 0 Å². The fourth-order valence-electron chi connectivity index (χ4n) is 2.36. The van der Waals surface area contributed by atoms with Gasteiger partial charge in [0.2, 0.25) is 0 Å². The van der Waals surface area contributed by atoms with Crippen LogP contribution in [0.3, 0.4) is 0 Å².